The van der Waals surface area contributed by atoms with Gasteiger partial charge < -0.3 is 10.2 Å². The standard InChI is InChI=1S/C14H19BrN4O/c15-11-9-12(18-14(17-11)10-3-4-10)16-6-5-13(20)19-7-1-2-8-19/h9-10H,1-8H2,(H,16,17,18). The molecule has 2 aliphatic rings. The van der Waals surface area contributed by atoms with Crippen LogP contribution in [-0.4, -0.2) is 40.4 Å². The molecule has 2 fully saturated rings. The summed E-state index contributed by atoms with van der Waals surface area (Å²) in [6.07, 6.45) is 5.18. The maximum absolute atomic E-state index is 11.9. The Morgan fingerprint density at radius 1 is 1.35 bits per heavy atom. The predicted octanol–water partition coefficient (Wildman–Crippen LogP) is 2.54. The van der Waals surface area contributed by atoms with Gasteiger partial charge in [-0.1, -0.05) is 0 Å². The van der Waals surface area contributed by atoms with Crippen LogP contribution in [0.15, 0.2) is 10.7 Å². The molecule has 1 aliphatic heterocycles. The minimum Gasteiger partial charge on any atom is -0.369 e. The largest absolute Gasteiger partial charge is 0.369 e. The molecule has 3 rings (SSSR count). The monoisotopic (exact) mass is 338 g/mol. The van der Waals surface area contributed by atoms with E-state index in [4.69, 9.17) is 0 Å². The van der Waals surface area contributed by atoms with Gasteiger partial charge in [0.2, 0.25) is 5.91 Å². The van der Waals surface area contributed by atoms with E-state index in [1.807, 2.05) is 11.0 Å². The zero-order valence-electron chi connectivity index (χ0n) is 11.4. The first kappa shape index (κ1) is 13.8. The summed E-state index contributed by atoms with van der Waals surface area (Å²) < 4.78 is 0.808. The molecular weight excluding hydrogens is 320 g/mol. The van der Waals surface area contributed by atoms with Crippen LogP contribution in [-0.2, 0) is 4.79 Å². The van der Waals surface area contributed by atoms with Gasteiger partial charge in [-0.05, 0) is 41.6 Å². The van der Waals surface area contributed by atoms with Crippen LogP contribution in [0.5, 0.6) is 0 Å². The lowest BCUT2D eigenvalue weighted by Crippen LogP contribution is -2.29. The molecule has 1 saturated carbocycles. The van der Waals surface area contributed by atoms with Crippen LogP contribution in [0.1, 0.15) is 43.8 Å². The first-order valence-corrected chi connectivity index (χ1v) is 8.08. The SMILES string of the molecule is O=C(CCNc1cc(Br)nc(C2CC2)n1)N1CCCC1. The van der Waals surface area contributed by atoms with Crippen molar-refractivity contribution in [3.05, 3.63) is 16.5 Å². The predicted molar refractivity (Wildman–Crippen MR) is 80.6 cm³/mol. The summed E-state index contributed by atoms with van der Waals surface area (Å²) in [6.45, 7) is 2.47. The average molecular weight is 339 g/mol. The van der Waals surface area contributed by atoms with E-state index in [9.17, 15) is 4.79 Å². The maximum atomic E-state index is 11.9. The number of likely N-dealkylation sites (tertiary alicyclic amines) is 1. The van der Waals surface area contributed by atoms with Crippen LogP contribution in [0.3, 0.4) is 0 Å². The highest BCUT2D eigenvalue weighted by Crippen LogP contribution is 2.38. The summed E-state index contributed by atoms with van der Waals surface area (Å²) in [5.41, 5.74) is 0. The Kier molecular flexibility index (Phi) is 4.19. The first-order chi connectivity index (χ1) is 9.72. The molecule has 1 amide bonds. The van der Waals surface area contributed by atoms with Crippen LogP contribution < -0.4 is 5.32 Å². The lowest BCUT2D eigenvalue weighted by Gasteiger charge is -2.15. The zero-order valence-corrected chi connectivity index (χ0v) is 13.0. The third kappa shape index (κ3) is 3.48. The number of carbonyl (C=O) groups excluding carboxylic acids is 1. The van der Waals surface area contributed by atoms with Crippen molar-refractivity contribution in [3.8, 4) is 0 Å². The minimum absolute atomic E-state index is 0.241. The van der Waals surface area contributed by atoms with E-state index in [0.717, 1.165) is 42.2 Å². The molecule has 0 atom stereocenters. The van der Waals surface area contributed by atoms with Crippen molar-refractivity contribution < 1.29 is 4.79 Å². The fraction of sp³-hybridized carbons (Fsp3) is 0.643. The van der Waals surface area contributed by atoms with Gasteiger partial charge in [0, 0.05) is 38.0 Å². The number of nitrogens with zero attached hydrogens (tertiary/aromatic N) is 3. The van der Waals surface area contributed by atoms with Gasteiger partial charge in [0.25, 0.3) is 0 Å². The molecule has 2 heterocycles. The molecule has 1 aliphatic carbocycles. The summed E-state index contributed by atoms with van der Waals surface area (Å²) in [5.74, 6) is 2.49. The molecule has 0 radical (unpaired) electrons. The van der Waals surface area contributed by atoms with Crippen molar-refractivity contribution in [1.82, 2.24) is 14.9 Å². The number of amides is 1. The highest BCUT2D eigenvalue weighted by atomic mass is 79.9. The number of aromatic nitrogens is 2. The van der Waals surface area contributed by atoms with E-state index in [1.165, 1.54) is 12.8 Å². The molecule has 1 aromatic rings. The van der Waals surface area contributed by atoms with E-state index >= 15 is 0 Å². The fourth-order valence-electron chi connectivity index (χ4n) is 2.47. The molecule has 0 spiro atoms. The van der Waals surface area contributed by atoms with Gasteiger partial charge in [-0.2, -0.15) is 0 Å². The van der Waals surface area contributed by atoms with Crippen LogP contribution in [0.25, 0.3) is 0 Å². The second-order valence-corrected chi connectivity index (χ2v) is 6.29. The fourth-order valence-corrected chi connectivity index (χ4v) is 2.87. The van der Waals surface area contributed by atoms with Gasteiger partial charge in [0.15, 0.2) is 0 Å². The van der Waals surface area contributed by atoms with Crippen molar-refractivity contribution in [1.29, 1.82) is 0 Å². The quantitative estimate of drug-likeness (QED) is 0.838. The third-order valence-corrected chi connectivity index (χ3v) is 4.16. The van der Waals surface area contributed by atoms with E-state index in [0.29, 0.717) is 18.9 Å². The van der Waals surface area contributed by atoms with Gasteiger partial charge in [0.05, 0.1) is 0 Å². The van der Waals surface area contributed by atoms with Gasteiger partial charge >= 0.3 is 0 Å². The summed E-state index contributed by atoms with van der Waals surface area (Å²) >= 11 is 3.42. The van der Waals surface area contributed by atoms with Crippen molar-refractivity contribution in [2.45, 2.75) is 38.0 Å². The molecule has 5 nitrogen and oxygen atoms in total. The Morgan fingerprint density at radius 2 is 2.10 bits per heavy atom. The van der Waals surface area contributed by atoms with Crippen LogP contribution in [0.4, 0.5) is 5.82 Å². The van der Waals surface area contributed by atoms with Crippen molar-refractivity contribution >= 4 is 27.7 Å². The zero-order chi connectivity index (χ0) is 13.9. The molecular formula is C14H19BrN4O. The van der Waals surface area contributed by atoms with Crippen molar-refractivity contribution in [3.63, 3.8) is 0 Å². The number of anilines is 1. The Hall–Kier alpha value is -1.17. The Labute approximate surface area is 127 Å². The molecule has 1 N–H and O–H groups in total. The number of hydrogen-bond acceptors (Lipinski definition) is 4. The normalized spacial score (nSPS) is 18.4. The molecule has 0 bridgehead atoms. The maximum Gasteiger partial charge on any atom is 0.224 e. The number of nitrogens with one attached hydrogen (secondary N) is 1. The Bertz CT molecular complexity index is 498. The minimum atomic E-state index is 0.241. The van der Waals surface area contributed by atoms with Crippen molar-refractivity contribution in [2.24, 2.45) is 0 Å². The smallest absolute Gasteiger partial charge is 0.224 e. The number of halogens is 1. The summed E-state index contributed by atoms with van der Waals surface area (Å²) in [7, 11) is 0. The van der Waals surface area contributed by atoms with E-state index in [-0.39, 0.29) is 5.91 Å². The van der Waals surface area contributed by atoms with Gasteiger partial charge in [0.1, 0.15) is 16.2 Å². The van der Waals surface area contributed by atoms with E-state index in [2.05, 4.69) is 31.2 Å². The third-order valence-electron chi connectivity index (χ3n) is 3.76. The molecule has 1 aromatic heterocycles. The van der Waals surface area contributed by atoms with Gasteiger partial charge in [-0.25, -0.2) is 9.97 Å². The number of rotatable bonds is 5. The van der Waals surface area contributed by atoms with Crippen molar-refractivity contribution in [2.75, 3.05) is 25.0 Å². The lowest BCUT2D eigenvalue weighted by atomic mass is 10.3. The lowest BCUT2D eigenvalue weighted by molar-refractivity contribution is -0.129. The highest BCUT2D eigenvalue weighted by Gasteiger charge is 2.27. The van der Waals surface area contributed by atoms with Crippen LogP contribution in [0, 0.1) is 0 Å². The van der Waals surface area contributed by atoms with Gasteiger partial charge in [-0.3, -0.25) is 4.79 Å². The van der Waals surface area contributed by atoms with E-state index < -0.39 is 0 Å². The summed E-state index contributed by atoms with van der Waals surface area (Å²) in [5, 5.41) is 3.23. The molecule has 0 unspecified atom stereocenters. The van der Waals surface area contributed by atoms with Crippen LogP contribution in [0.2, 0.25) is 0 Å². The van der Waals surface area contributed by atoms with Gasteiger partial charge in [-0.15, -0.1) is 0 Å². The average Bonchev–Trinajstić information content (AvgIpc) is 3.13. The van der Waals surface area contributed by atoms with Crippen LogP contribution >= 0.6 is 15.9 Å². The summed E-state index contributed by atoms with van der Waals surface area (Å²) in [6, 6.07) is 1.87. The van der Waals surface area contributed by atoms with E-state index in [1.54, 1.807) is 0 Å². The Balaban J connectivity index is 1.51. The molecule has 1 saturated heterocycles. The number of hydrogen-bond donors (Lipinski definition) is 1. The molecule has 20 heavy (non-hydrogen) atoms. The molecule has 6 heteroatoms. The first-order valence-electron chi connectivity index (χ1n) is 7.28. The topological polar surface area (TPSA) is 58.1 Å². The number of carbonyl (C=O) groups is 1. The second kappa shape index (κ2) is 6.08. The highest BCUT2D eigenvalue weighted by molar-refractivity contribution is 9.10. The molecule has 0 aromatic carbocycles. The Morgan fingerprint density at radius 3 is 2.80 bits per heavy atom. The summed E-state index contributed by atoms with van der Waals surface area (Å²) in [4.78, 5) is 22.8. The second-order valence-electron chi connectivity index (χ2n) is 5.47. The molecule has 108 valence electrons.